The molecule has 0 amide bonds. The topological polar surface area (TPSA) is 47.3 Å². The van der Waals surface area contributed by atoms with Crippen molar-refractivity contribution in [3.05, 3.63) is 60.2 Å². The smallest absolute Gasteiger partial charge is 0.119 e. The Bertz CT molecular complexity index is 560. The maximum atomic E-state index is 5.71. The van der Waals surface area contributed by atoms with E-state index in [0.29, 0.717) is 6.04 Å². The van der Waals surface area contributed by atoms with E-state index in [9.17, 15) is 0 Å². The van der Waals surface area contributed by atoms with Gasteiger partial charge in [-0.2, -0.15) is 0 Å². The molecule has 1 atom stereocenters. The van der Waals surface area contributed by atoms with E-state index in [1.165, 1.54) is 10.5 Å². The summed E-state index contributed by atoms with van der Waals surface area (Å²) in [6, 6.07) is 19.2. The second-order valence-corrected chi connectivity index (χ2v) is 6.92. The second-order valence-electron chi connectivity index (χ2n) is 5.75. The predicted molar refractivity (Wildman–Crippen MR) is 104 cm³/mol. The van der Waals surface area contributed by atoms with Crippen LogP contribution in [0.15, 0.2) is 59.5 Å². The van der Waals surface area contributed by atoms with Crippen LogP contribution in [0.1, 0.15) is 31.4 Å². The highest BCUT2D eigenvalue weighted by atomic mass is 32.2. The van der Waals surface area contributed by atoms with E-state index < -0.39 is 0 Å². The number of nitrogens with one attached hydrogen (secondary N) is 1. The van der Waals surface area contributed by atoms with E-state index in [0.717, 1.165) is 44.0 Å². The Hall–Kier alpha value is -1.49. The average molecular weight is 345 g/mol. The fourth-order valence-corrected chi connectivity index (χ4v) is 3.17. The molecule has 24 heavy (non-hydrogen) atoms. The Balaban J connectivity index is 1.64. The van der Waals surface area contributed by atoms with Gasteiger partial charge < -0.3 is 15.8 Å². The van der Waals surface area contributed by atoms with Crippen LogP contribution >= 0.6 is 11.8 Å². The zero-order valence-corrected chi connectivity index (χ0v) is 15.2. The van der Waals surface area contributed by atoms with Gasteiger partial charge in [0.15, 0.2) is 0 Å². The molecule has 0 spiro atoms. The van der Waals surface area contributed by atoms with Crippen LogP contribution in [-0.4, -0.2) is 25.4 Å². The van der Waals surface area contributed by atoms with Crippen molar-refractivity contribution in [2.45, 2.75) is 30.7 Å². The van der Waals surface area contributed by atoms with Crippen molar-refractivity contribution in [2.24, 2.45) is 5.73 Å². The van der Waals surface area contributed by atoms with E-state index in [1.54, 1.807) is 0 Å². The molecule has 0 aromatic heterocycles. The van der Waals surface area contributed by atoms with E-state index in [2.05, 4.69) is 36.5 Å². The van der Waals surface area contributed by atoms with Crippen LogP contribution < -0.4 is 15.8 Å². The molecule has 130 valence electrons. The van der Waals surface area contributed by atoms with Gasteiger partial charge >= 0.3 is 0 Å². The highest BCUT2D eigenvalue weighted by Crippen LogP contribution is 2.22. The number of rotatable bonds is 11. The molecule has 0 radical (unpaired) electrons. The van der Waals surface area contributed by atoms with Crippen LogP contribution in [0.5, 0.6) is 5.75 Å². The van der Waals surface area contributed by atoms with Crippen LogP contribution in [0.4, 0.5) is 0 Å². The van der Waals surface area contributed by atoms with Crippen LogP contribution in [0.25, 0.3) is 0 Å². The van der Waals surface area contributed by atoms with Gasteiger partial charge in [0.2, 0.25) is 0 Å². The molecule has 0 saturated carbocycles. The molecule has 0 saturated heterocycles. The number of nitrogens with two attached hydrogens (primary N) is 1. The molecule has 2 rings (SSSR count). The molecule has 3 N–H and O–H groups in total. The van der Waals surface area contributed by atoms with Gasteiger partial charge in [-0.15, -0.1) is 11.8 Å². The fourth-order valence-electron chi connectivity index (χ4n) is 2.35. The molecule has 0 bridgehead atoms. The van der Waals surface area contributed by atoms with Gasteiger partial charge in [0.05, 0.1) is 6.61 Å². The second kappa shape index (κ2) is 11.1. The van der Waals surface area contributed by atoms with Crippen molar-refractivity contribution in [3.63, 3.8) is 0 Å². The van der Waals surface area contributed by atoms with Gasteiger partial charge in [-0.3, -0.25) is 0 Å². The van der Waals surface area contributed by atoms with Crippen molar-refractivity contribution in [3.8, 4) is 5.75 Å². The minimum atomic E-state index is 0.370. The van der Waals surface area contributed by atoms with Gasteiger partial charge in [-0.25, -0.2) is 0 Å². The summed E-state index contributed by atoms with van der Waals surface area (Å²) in [5, 5.41) is 3.49. The minimum absolute atomic E-state index is 0.370. The lowest BCUT2D eigenvalue weighted by molar-refractivity contribution is 0.319. The monoisotopic (exact) mass is 344 g/mol. The molecule has 0 fully saturated rings. The third-order valence-corrected chi connectivity index (χ3v) is 4.88. The molecular formula is C20H28N2OS. The first-order valence-electron chi connectivity index (χ1n) is 8.63. The first-order chi connectivity index (χ1) is 11.8. The number of ether oxygens (including phenoxy) is 1. The Morgan fingerprint density at radius 3 is 2.50 bits per heavy atom. The summed E-state index contributed by atoms with van der Waals surface area (Å²) < 4.78 is 5.71. The first kappa shape index (κ1) is 18.8. The zero-order valence-electron chi connectivity index (χ0n) is 14.4. The molecule has 2 aromatic rings. The molecule has 0 aliphatic heterocycles. The van der Waals surface area contributed by atoms with Crippen LogP contribution in [-0.2, 0) is 0 Å². The molecule has 3 nitrogen and oxygen atoms in total. The van der Waals surface area contributed by atoms with Crippen molar-refractivity contribution < 1.29 is 4.74 Å². The molecule has 0 aliphatic rings. The van der Waals surface area contributed by atoms with Gasteiger partial charge in [0, 0.05) is 16.7 Å². The number of hydrogen-bond donors (Lipinski definition) is 2. The molecule has 1 unspecified atom stereocenters. The minimum Gasteiger partial charge on any atom is -0.494 e. The van der Waals surface area contributed by atoms with E-state index in [4.69, 9.17) is 10.5 Å². The molecule has 0 heterocycles. The van der Waals surface area contributed by atoms with Crippen LogP contribution in [0.3, 0.4) is 0 Å². The van der Waals surface area contributed by atoms with E-state index >= 15 is 0 Å². The lowest BCUT2D eigenvalue weighted by Crippen LogP contribution is -2.21. The molecule has 4 heteroatoms. The Labute approximate surface area is 150 Å². The molecule has 2 aromatic carbocycles. The van der Waals surface area contributed by atoms with Crippen LogP contribution in [0.2, 0.25) is 0 Å². The Kier molecular flexibility index (Phi) is 8.74. The van der Waals surface area contributed by atoms with Gasteiger partial charge in [-0.1, -0.05) is 30.3 Å². The number of thioether (sulfide) groups is 1. The van der Waals surface area contributed by atoms with Crippen molar-refractivity contribution in [2.75, 3.05) is 25.4 Å². The summed E-state index contributed by atoms with van der Waals surface area (Å²) in [7, 11) is 0. The molecule has 0 aliphatic carbocycles. The lowest BCUT2D eigenvalue weighted by Gasteiger charge is -2.14. The maximum absolute atomic E-state index is 5.71. The highest BCUT2D eigenvalue weighted by Gasteiger charge is 2.04. The van der Waals surface area contributed by atoms with Gasteiger partial charge in [-0.05, 0) is 62.7 Å². The largest absolute Gasteiger partial charge is 0.494 e. The Morgan fingerprint density at radius 1 is 1.04 bits per heavy atom. The fraction of sp³-hybridized carbons (Fsp3) is 0.400. The number of para-hydroxylation sites is 1. The van der Waals surface area contributed by atoms with E-state index in [1.807, 2.05) is 42.1 Å². The Morgan fingerprint density at radius 2 is 1.79 bits per heavy atom. The maximum Gasteiger partial charge on any atom is 0.119 e. The van der Waals surface area contributed by atoms with Gasteiger partial charge in [0.1, 0.15) is 5.75 Å². The highest BCUT2D eigenvalue weighted by molar-refractivity contribution is 7.99. The summed E-state index contributed by atoms with van der Waals surface area (Å²) in [6.45, 7) is 4.66. The SMILES string of the molecule is CC(NCCCN)c1ccc(SCCCOc2ccccc2)cc1. The first-order valence-corrected chi connectivity index (χ1v) is 9.62. The lowest BCUT2D eigenvalue weighted by atomic mass is 10.1. The zero-order chi connectivity index (χ0) is 17.0. The van der Waals surface area contributed by atoms with Crippen molar-refractivity contribution in [1.82, 2.24) is 5.32 Å². The van der Waals surface area contributed by atoms with Gasteiger partial charge in [0.25, 0.3) is 0 Å². The third-order valence-electron chi connectivity index (χ3n) is 3.78. The normalized spacial score (nSPS) is 12.1. The average Bonchev–Trinajstić information content (AvgIpc) is 2.63. The molecular weight excluding hydrogens is 316 g/mol. The predicted octanol–water partition coefficient (Wildman–Crippen LogP) is 4.25. The summed E-state index contributed by atoms with van der Waals surface area (Å²) in [5.41, 5.74) is 6.85. The van der Waals surface area contributed by atoms with E-state index in [-0.39, 0.29) is 0 Å². The quantitative estimate of drug-likeness (QED) is 0.473. The third kappa shape index (κ3) is 6.95. The standard InChI is InChI=1S/C20H28N2OS/c1-17(22-14-5-13-21)18-9-11-20(12-10-18)24-16-6-15-23-19-7-3-2-4-8-19/h2-4,7-12,17,22H,5-6,13-16,21H2,1H3. The van der Waals surface area contributed by atoms with Crippen molar-refractivity contribution >= 4 is 11.8 Å². The number of hydrogen-bond acceptors (Lipinski definition) is 4. The summed E-state index contributed by atoms with van der Waals surface area (Å²) in [6.07, 6.45) is 2.06. The summed E-state index contributed by atoms with van der Waals surface area (Å²) in [4.78, 5) is 1.31. The summed E-state index contributed by atoms with van der Waals surface area (Å²) >= 11 is 1.88. The summed E-state index contributed by atoms with van der Waals surface area (Å²) in [5.74, 6) is 2.01. The number of benzene rings is 2. The van der Waals surface area contributed by atoms with Crippen molar-refractivity contribution in [1.29, 1.82) is 0 Å². The van der Waals surface area contributed by atoms with Crippen LogP contribution in [0, 0.1) is 0 Å².